The van der Waals surface area contributed by atoms with Gasteiger partial charge in [0.05, 0.1) is 19.3 Å². The topological polar surface area (TPSA) is 73.2 Å². The summed E-state index contributed by atoms with van der Waals surface area (Å²) in [6.45, 7) is 3.59. The number of hydrogen-bond donors (Lipinski definition) is 1. The minimum Gasteiger partial charge on any atom is -0.379 e. The highest BCUT2D eigenvalue weighted by Crippen LogP contribution is 2.19. The normalized spacial score (nSPS) is 20.0. The van der Waals surface area contributed by atoms with Crippen LogP contribution in [0.3, 0.4) is 0 Å². The molecule has 126 valence electrons. The van der Waals surface area contributed by atoms with E-state index in [1.54, 1.807) is 29.2 Å². The molecule has 1 fully saturated rings. The van der Waals surface area contributed by atoms with E-state index in [4.69, 9.17) is 4.74 Å². The van der Waals surface area contributed by atoms with Gasteiger partial charge in [-0.15, -0.1) is 0 Å². The summed E-state index contributed by atoms with van der Waals surface area (Å²) in [7, 11) is 0. The van der Waals surface area contributed by atoms with Crippen LogP contribution < -0.4 is 10.9 Å². The van der Waals surface area contributed by atoms with Crippen LogP contribution in [-0.2, 0) is 17.7 Å². The van der Waals surface area contributed by atoms with Crippen molar-refractivity contribution in [1.82, 2.24) is 14.9 Å². The smallest absolute Gasteiger partial charge is 0.251 e. The largest absolute Gasteiger partial charge is 0.379 e. The molecule has 1 saturated heterocycles. The number of hydrogen-bond acceptors (Lipinski definition) is 4. The highest BCUT2D eigenvalue weighted by Gasteiger charge is 2.30. The number of nitrogens with zero attached hydrogens (tertiary/aromatic N) is 2. The van der Waals surface area contributed by atoms with Crippen molar-refractivity contribution in [3.63, 3.8) is 0 Å². The number of carbonyl (C=O) groups is 1. The molecule has 6 nitrogen and oxygen atoms in total. The zero-order chi connectivity index (χ0) is 16.9. The Kier molecular flexibility index (Phi) is 5.05. The average Bonchev–Trinajstić information content (AvgIpc) is 3.02. The Hall–Kier alpha value is -2.47. The summed E-state index contributed by atoms with van der Waals surface area (Å²) in [5.74, 6) is -0.0158. The van der Waals surface area contributed by atoms with Crippen molar-refractivity contribution in [2.24, 2.45) is 5.92 Å². The van der Waals surface area contributed by atoms with Crippen LogP contribution in [0, 0.1) is 5.92 Å². The molecule has 0 unspecified atom stereocenters. The summed E-state index contributed by atoms with van der Waals surface area (Å²) < 4.78 is 7.10. The molecule has 0 aromatic carbocycles. The number of aryl methyl sites for hydroxylation is 1. The fourth-order valence-corrected chi connectivity index (χ4v) is 2.94. The molecule has 1 aliphatic rings. The Labute approximate surface area is 140 Å². The summed E-state index contributed by atoms with van der Waals surface area (Å²) in [5, 5.41) is 3.00. The van der Waals surface area contributed by atoms with Crippen LogP contribution in [0.4, 0.5) is 0 Å². The monoisotopic (exact) mass is 327 g/mol. The Balaban J connectivity index is 1.67. The first-order valence-electron chi connectivity index (χ1n) is 8.15. The second kappa shape index (κ2) is 7.40. The Morgan fingerprint density at radius 3 is 2.83 bits per heavy atom. The third-order valence-corrected chi connectivity index (χ3v) is 4.36. The first-order valence-corrected chi connectivity index (χ1v) is 8.15. The maximum atomic E-state index is 12.4. The van der Waals surface area contributed by atoms with Gasteiger partial charge in [0, 0.05) is 42.7 Å². The predicted octanol–water partition coefficient (Wildman–Crippen LogP) is 1.25. The van der Waals surface area contributed by atoms with Gasteiger partial charge in [-0.2, -0.15) is 0 Å². The van der Waals surface area contributed by atoms with E-state index in [2.05, 4.69) is 10.3 Å². The molecule has 1 amide bonds. The van der Waals surface area contributed by atoms with Gasteiger partial charge < -0.3 is 14.6 Å². The van der Waals surface area contributed by atoms with Gasteiger partial charge in [-0.3, -0.25) is 14.6 Å². The number of aromatic nitrogens is 2. The maximum Gasteiger partial charge on any atom is 0.251 e. The summed E-state index contributed by atoms with van der Waals surface area (Å²) in [6, 6.07) is 6.95. The van der Waals surface area contributed by atoms with E-state index in [9.17, 15) is 9.59 Å². The number of pyridine rings is 2. The number of ether oxygens (including phenoxy) is 1. The van der Waals surface area contributed by atoms with Crippen molar-refractivity contribution >= 4 is 5.91 Å². The molecule has 0 aliphatic carbocycles. The first kappa shape index (κ1) is 16.4. The Bertz CT molecular complexity index is 758. The molecule has 0 saturated carbocycles. The van der Waals surface area contributed by atoms with Crippen LogP contribution in [0.15, 0.2) is 47.7 Å². The molecule has 3 rings (SSSR count). The van der Waals surface area contributed by atoms with Gasteiger partial charge >= 0.3 is 0 Å². The van der Waals surface area contributed by atoms with Gasteiger partial charge in [-0.1, -0.05) is 0 Å². The lowest BCUT2D eigenvalue weighted by Crippen LogP contribution is -2.41. The van der Waals surface area contributed by atoms with Crippen molar-refractivity contribution < 1.29 is 9.53 Å². The lowest BCUT2D eigenvalue weighted by atomic mass is 9.95. The molecule has 0 bridgehead atoms. The van der Waals surface area contributed by atoms with Gasteiger partial charge in [0.25, 0.3) is 11.5 Å². The van der Waals surface area contributed by atoms with E-state index < -0.39 is 0 Å². The fourth-order valence-electron chi connectivity index (χ4n) is 2.94. The second-order valence-electron chi connectivity index (χ2n) is 5.98. The van der Waals surface area contributed by atoms with E-state index in [1.807, 2.05) is 19.1 Å². The lowest BCUT2D eigenvalue weighted by Gasteiger charge is -2.19. The maximum absolute atomic E-state index is 12.4. The first-order chi connectivity index (χ1) is 11.7. The minimum atomic E-state index is -0.231. The van der Waals surface area contributed by atoms with Crippen LogP contribution in [-0.4, -0.2) is 34.7 Å². The SMILES string of the molecule is CCn1ccc(C(=O)N[C@H]2COC[C@H]2Cc2ccncc2)cc1=O. The van der Waals surface area contributed by atoms with Crippen molar-refractivity contribution in [3.8, 4) is 0 Å². The van der Waals surface area contributed by atoms with Gasteiger partial charge in [0.2, 0.25) is 0 Å². The third-order valence-electron chi connectivity index (χ3n) is 4.36. The molecule has 1 aliphatic heterocycles. The van der Waals surface area contributed by atoms with E-state index >= 15 is 0 Å². The molecule has 2 aromatic rings. The molecular weight excluding hydrogens is 306 g/mol. The molecule has 0 spiro atoms. The van der Waals surface area contributed by atoms with Crippen molar-refractivity contribution in [3.05, 3.63) is 64.3 Å². The molecule has 2 atom stereocenters. The third kappa shape index (κ3) is 3.71. The van der Waals surface area contributed by atoms with E-state index in [0.717, 1.165) is 6.42 Å². The van der Waals surface area contributed by atoms with Crippen molar-refractivity contribution in [2.45, 2.75) is 25.9 Å². The Morgan fingerprint density at radius 2 is 2.12 bits per heavy atom. The highest BCUT2D eigenvalue weighted by molar-refractivity contribution is 5.94. The molecule has 24 heavy (non-hydrogen) atoms. The highest BCUT2D eigenvalue weighted by atomic mass is 16.5. The summed E-state index contributed by atoms with van der Waals surface area (Å²) >= 11 is 0. The van der Waals surface area contributed by atoms with Crippen molar-refractivity contribution in [1.29, 1.82) is 0 Å². The summed E-state index contributed by atoms with van der Waals surface area (Å²) in [6.07, 6.45) is 6.00. The van der Waals surface area contributed by atoms with Crippen LogP contribution in [0.25, 0.3) is 0 Å². The molecule has 3 heterocycles. The lowest BCUT2D eigenvalue weighted by molar-refractivity contribution is 0.0924. The van der Waals surface area contributed by atoms with E-state index in [0.29, 0.717) is 25.3 Å². The van der Waals surface area contributed by atoms with Crippen LogP contribution >= 0.6 is 0 Å². The summed E-state index contributed by atoms with van der Waals surface area (Å²) in [4.78, 5) is 28.3. The standard InChI is InChI=1S/C18H21N3O3/c1-2-21-8-5-14(10-17(21)22)18(23)20-16-12-24-11-15(16)9-13-3-6-19-7-4-13/h3-8,10,15-16H,2,9,11-12H2,1H3,(H,20,23)/t15-,16+/m1/s1. The molecule has 1 N–H and O–H groups in total. The summed E-state index contributed by atoms with van der Waals surface area (Å²) in [5.41, 5.74) is 1.39. The van der Waals surface area contributed by atoms with Gasteiger partial charge in [-0.25, -0.2) is 0 Å². The predicted molar refractivity (Wildman–Crippen MR) is 89.9 cm³/mol. The van der Waals surface area contributed by atoms with Gasteiger partial charge in [0.1, 0.15) is 0 Å². The van der Waals surface area contributed by atoms with Crippen molar-refractivity contribution in [2.75, 3.05) is 13.2 Å². The molecule has 6 heteroatoms. The van der Waals surface area contributed by atoms with Gasteiger partial charge in [-0.05, 0) is 37.1 Å². The molecular formula is C18H21N3O3. The molecule has 2 aromatic heterocycles. The fraction of sp³-hybridized carbons (Fsp3) is 0.389. The quantitative estimate of drug-likeness (QED) is 0.897. The van der Waals surface area contributed by atoms with Crippen LogP contribution in [0.5, 0.6) is 0 Å². The van der Waals surface area contributed by atoms with E-state index in [-0.39, 0.29) is 23.4 Å². The second-order valence-corrected chi connectivity index (χ2v) is 5.98. The zero-order valence-electron chi connectivity index (χ0n) is 13.6. The Morgan fingerprint density at radius 1 is 1.33 bits per heavy atom. The number of rotatable bonds is 5. The number of carbonyl (C=O) groups excluding carboxylic acids is 1. The average molecular weight is 327 g/mol. The van der Waals surface area contributed by atoms with E-state index in [1.165, 1.54) is 11.6 Å². The number of amides is 1. The number of nitrogens with one attached hydrogen (secondary N) is 1. The zero-order valence-corrected chi connectivity index (χ0v) is 13.6. The minimum absolute atomic E-state index is 0.0562. The van der Waals surface area contributed by atoms with Gasteiger partial charge in [0.15, 0.2) is 0 Å². The van der Waals surface area contributed by atoms with Crippen LogP contribution in [0.1, 0.15) is 22.8 Å². The van der Waals surface area contributed by atoms with Crippen LogP contribution in [0.2, 0.25) is 0 Å². The molecule has 0 radical (unpaired) electrons.